The van der Waals surface area contributed by atoms with E-state index in [0.717, 1.165) is 51.1 Å². The van der Waals surface area contributed by atoms with Gasteiger partial charge in [-0.25, -0.2) is 0 Å². The molecule has 5 rings (SSSR count). The van der Waals surface area contributed by atoms with Crippen LogP contribution in [0, 0.1) is 0 Å². The highest BCUT2D eigenvalue weighted by molar-refractivity contribution is 5.91. The van der Waals surface area contributed by atoms with Crippen molar-refractivity contribution < 1.29 is 22.6 Å². The maximum Gasteiger partial charge on any atom is 0.431 e. The quantitative estimate of drug-likeness (QED) is 0.583. The van der Waals surface area contributed by atoms with Gasteiger partial charge in [-0.05, 0) is 36.2 Å². The molecule has 160 valence electrons. The van der Waals surface area contributed by atoms with Crippen LogP contribution in [0.5, 0.6) is 5.75 Å². The molecule has 1 unspecified atom stereocenters. The second-order valence-corrected chi connectivity index (χ2v) is 7.41. The van der Waals surface area contributed by atoms with Gasteiger partial charge in [0, 0.05) is 35.7 Å². The summed E-state index contributed by atoms with van der Waals surface area (Å²) in [5.41, 5.74) is 6.83. The Kier molecular flexibility index (Phi) is 5.87. The predicted molar refractivity (Wildman–Crippen MR) is 110 cm³/mol. The van der Waals surface area contributed by atoms with Crippen molar-refractivity contribution in [3.05, 3.63) is 59.8 Å². The normalized spacial score (nSPS) is 19.5. The number of nitrogens with one attached hydrogen (secondary N) is 1. The lowest BCUT2D eigenvalue weighted by Gasteiger charge is -2.37. The number of halogens is 3. The number of nitrogens with zero attached hydrogens (tertiary/aromatic N) is 1. The molecular weight excluding hydrogens is 395 g/mol. The Morgan fingerprint density at radius 2 is 1.80 bits per heavy atom. The number of para-hydroxylation sites is 1. The third-order valence-electron chi connectivity index (χ3n) is 5.42. The lowest BCUT2D eigenvalue weighted by Crippen LogP contribution is -2.48. The lowest BCUT2D eigenvalue weighted by atomic mass is 10.0. The molecule has 3 heterocycles. The number of alkyl halides is 3. The zero-order chi connectivity index (χ0) is 21.1. The number of rotatable bonds is 1. The number of nitrogens with two attached hydrogens (primary N) is 1. The fourth-order valence-corrected chi connectivity index (χ4v) is 3.82. The molecule has 0 aliphatic carbocycles. The molecule has 1 atom stereocenters. The van der Waals surface area contributed by atoms with E-state index in [9.17, 15) is 13.2 Å². The molecule has 30 heavy (non-hydrogen) atoms. The molecule has 8 heteroatoms. The third-order valence-corrected chi connectivity index (χ3v) is 5.42. The van der Waals surface area contributed by atoms with Crippen molar-refractivity contribution in [2.45, 2.75) is 18.6 Å². The highest BCUT2D eigenvalue weighted by atomic mass is 19.4. The number of hydrogen-bond donors (Lipinski definition) is 2. The van der Waals surface area contributed by atoms with Crippen molar-refractivity contribution in [1.82, 2.24) is 9.88 Å². The van der Waals surface area contributed by atoms with Crippen LogP contribution in [0.25, 0.3) is 10.9 Å². The summed E-state index contributed by atoms with van der Waals surface area (Å²) >= 11 is 0. The molecule has 1 aromatic heterocycles. The maximum absolute atomic E-state index is 12.3. The van der Waals surface area contributed by atoms with Gasteiger partial charge in [0.2, 0.25) is 0 Å². The van der Waals surface area contributed by atoms with Gasteiger partial charge in [0.25, 0.3) is 0 Å². The fourth-order valence-electron chi connectivity index (χ4n) is 3.82. The van der Waals surface area contributed by atoms with Crippen LogP contribution < -0.4 is 10.5 Å². The van der Waals surface area contributed by atoms with Crippen molar-refractivity contribution in [3.63, 3.8) is 0 Å². The summed E-state index contributed by atoms with van der Waals surface area (Å²) in [7, 11) is 0. The van der Waals surface area contributed by atoms with Crippen LogP contribution in [0.15, 0.2) is 48.5 Å². The van der Waals surface area contributed by atoms with Crippen LogP contribution >= 0.6 is 0 Å². The summed E-state index contributed by atoms with van der Waals surface area (Å²) in [6, 6.07) is 14.6. The third kappa shape index (κ3) is 4.55. The summed E-state index contributed by atoms with van der Waals surface area (Å²) in [5.74, 6) is 1.06. The van der Waals surface area contributed by atoms with Crippen LogP contribution in [0.4, 0.5) is 18.9 Å². The summed E-state index contributed by atoms with van der Waals surface area (Å²) in [5, 5.41) is 0.403. The Balaban J connectivity index is 0.000000147. The molecule has 0 radical (unpaired) electrons. The van der Waals surface area contributed by atoms with E-state index in [2.05, 4.69) is 28.1 Å². The summed E-state index contributed by atoms with van der Waals surface area (Å²) < 4.78 is 48.0. The van der Waals surface area contributed by atoms with Crippen LogP contribution in [0.3, 0.4) is 0 Å². The van der Waals surface area contributed by atoms with Gasteiger partial charge in [-0.15, -0.1) is 0 Å². The van der Waals surface area contributed by atoms with Gasteiger partial charge in [0.1, 0.15) is 18.1 Å². The number of ether oxygens (including phenoxy) is 2. The van der Waals surface area contributed by atoms with Crippen LogP contribution in [0.2, 0.25) is 0 Å². The van der Waals surface area contributed by atoms with Crippen molar-refractivity contribution in [2.75, 3.05) is 38.6 Å². The van der Waals surface area contributed by atoms with E-state index in [0.29, 0.717) is 22.6 Å². The SMILES string of the molecule is Nc1cccc2[nH]c(C(F)(F)F)cc12.c1ccc2c(c1)CC(N1CCOCC1)CO2. The highest BCUT2D eigenvalue weighted by Gasteiger charge is 2.32. The van der Waals surface area contributed by atoms with E-state index >= 15 is 0 Å². The molecule has 1 fully saturated rings. The average Bonchev–Trinajstić information content (AvgIpc) is 3.21. The van der Waals surface area contributed by atoms with Gasteiger partial charge < -0.3 is 20.2 Å². The van der Waals surface area contributed by atoms with Crippen LogP contribution in [-0.2, 0) is 17.3 Å². The Morgan fingerprint density at radius 1 is 1.03 bits per heavy atom. The van der Waals surface area contributed by atoms with Gasteiger partial charge in [-0.2, -0.15) is 13.2 Å². The van der Waals surface area contributed by atoms with E-state index in [4.69, 9.17) is 15.2 Å². The monoisotopic (exact) mass is 419 g/mol. The molecule has 0 saturated carbocycles. The Morgan fingerprint density at radius 3 is 2.53 bits per heavy atom. The second kappa shape index (κ2) is 8.57. The molecule has 5 nitrogen and oxygen atoms in total. The lowest BCUT2D eigenvalue weighted by molar-refractivity contribution is -0.140. The Hall–Kier alpha value is -2.71. The molecule has 2 aliphatic rings. The first-order valence-electron chi connectivity index (χ1n) is 9.89. The molecule has 3 N–H and O–H groups in total. The van der Waals surface area contributed by atoms with Crippen molar-refractivity contribution >= 4 is 16.6 Å². The number of H-pyrrole nitrogens is 1. The van der Waals surface area contributed by atoms with Gasteiger partial charge >= 0.3 is 6.18 Å². The van der Waals surface area contributed by atoms with E-state index in [1.54, 1.807) is 18.2 Å². The van der Waals surface area contributed by atoms with Crippen molar-refractivity contribution in [3.8, 4) is 5.75 Å². The second-order valence-electron chi connectivity index (χ2n) is 7.41. The van der Waals surface area contributed by atoms with Gasteiger partial charge in [0.15, 0.2) is 0 Å². The first-order valence-corrected chi connectivity index (χ1v) is 9.89. The summed E-state index contributed by atoms with van der Waals surface area (Å²) in [4.78, 5) is 4.76. The maximum atomic E-state index is 12.3. The van der Waals surface area contributed by atoms with E-state index in [-0.39, 0.29) is 0 Å². The molecule has 0 spiro atoms. The topological polar surface area (TPSA) is 63.5 Å². The van der Waals surface area contributed by atoms with E-state index in [1.807, 2.05) is 6.07 Å². The minimum Gasteiger partial charge on any atom is -0.492 e. The molecule has 2 aromatic carbocycles. The standard InChI is InChI=1S/C13H17NO2.C9H7F3N2/c1-2-4-13-11(3-1)9-12(10-16-13)14-5-7-15-8-6-14;10-9(11,12)8-4-5-6(13)2-1-3-7(5)14-8/h1-4,12H,5-10H2;1-4,14H,13H2. The van der Waals surface area contributed by atoms with Gasteiger partial charge in [-0.3, -0.25) is 4.90 Å². The van der Waals surface area contributed by atoms with E-state index in [1.165, 1.54) is 5.56 Å². The average molecular weight is 419 g/mol. The fraction of sp³-hybridized carbons (Fsp3) is 0.364. The molecule has 3 aromatic rings. The number of nitrogen functional groups attached to an aromatic ring is 1. The van der Waals surface area contributed by atoms with E-state index < -0.39 is 11.9 Å². The number of aromatic amines is 1. The molecule has 2 aliphatic heterocycles. The largest absolute Gasteiger partial charge is 0.492 e. The van der Waals surface area contributed by atoms with Gasteiger partial charge in [0.05, 0.1) is 13.2 Å². The molecule has 1 saturated heterocycles. The minimum absolute atomic E-state index is 0.342. The Bertz CT molecular complexity index is 997. The summed E-state index contributed by atoms with van der Waals surface area (Å²) in [6.07, 6.45) is -3.25. The zero-order valence-corrected chi connectivity index (χ0v) is 16.4. The molecule has 0 amide bonds. The number of hydrogen-bond acceptors (Lipinski definition) is 4. The smallest absolute Gasteiger partial charge is 0.431 e. The number of fused-ring (bicyclic) bond motifs is 2. The Labute approximate surface area is 172 Å². The van der Waals surface area contributed by atoms with Crippen molar-refractivity contribution in [1.29, 1.82) is 0 Å². The predicted octanol–water partition coefficient (Wildman–Crippen LogP) is 4.09. The first kappa shape index (κ1) is 20.6. The first-order chi connectivity index (χ1) is 14.4. The number of morpholine rings is 1. The number of anilines is 1. The minimum atomic E-state index is -4.36. The number of aromatic nitrogens is 1. The van der Waals surface area contributed by atoms with Crippen LogP contribution in [0.1, 0.15) is 11.3 Å². The molecular formula is C22H24F3N3O2. The zero-order valence-electron chi connectivity index (χ0n) is 16.4. The van der Waals surface area contributed by atoms with Gasteiger partial charge in [-0.1, -0.05) is 24.3 Å². The van der Waals surface area contributed by atoms with Crippen molar-refractivity contribution in [2.24, 2.45) is 0 Å². The van der Waals surface area contributed by atoms with Crippen LogP contribution in [-0.4, -0.2) is 48.8 Å². The number of benzene rings is 2. The summed E-state index contributed by atoms with van der Waals surface area (Å²) in [6.45, 7) is 4.61. The highest BCUT2D eigenvalue weighted by Crippen LogP contribution is 2.32. The molecule has 0 bridgehead atoms.